The second-order valence-corrected chi connectivity index (χ2v) is 4.86. The number of terminal acetylenes is 1. The van der Waals surface area contributed by atoms with Crippen molar-refractivity contribution in [3.63, 3.8) is 0 Å². The van der Waals surface area contributed by atoms with Gasteiger partial charge in [0.1, 0.15) is 6.61 Å². The molecule has 0 aliphatic carbocycles. The van der Waals surface area contributed by atoms with Crippen molar-refractivity contribution in [1.82, 2.24) is 19.5 Å². The number of rotatable bonds is 4. The quantitative estimate of drug-likeness (QED) is 0.391. The maximum atomic E-state index is 13.3. The Kier molecular flexibility index (Phi) is 3.58. The van der Waals surface area contributed by atoms with Crippen LogP contribution in [0.1, 0.15) is 6.23 Å². The van der Waals surface area contributed by atoms with Gasteiger partial charge in [0, 0.05) is 0 Å². The molecule has 3 heterocycles. The van der Waals surface area contributed by atoms with Crippen molar-refractivity contribution in [2.75, 3.05) is 12.3 Å². The minimum absolute atomic E-state index is 0.0695. The van der Waals surface area contributed by atoms with Crippen LogP contribution in [0.3, 0.4) is 0 Å². The van der Waals surface area contributed by atoms with E-state index in [4.69, 9.17) is 21.4 Å². The van der Waals surface area contributed by atoms with Crippen molar-refractivity contribution in [2.24, 2.45) is 0 Å². The molecular formula is C12H9FN5O3P. The van der Waals surface area contributed by atoms with E-state index < -0.39 is 26.6 Å². The number of nitrogen functional groups attached to an aromatic ring is 1. The van der Waals surface area contributed by atoms with Gasteiger partial charge in [0.2, 0.25) is 0 Å². The van der Waals surface area contributed by atoms with E-state index in [9.17, 15) is 8.96 Å². The average Bonchev–Trinajstić information content (AvgIpc) is 3.09. The van der Waals surface area contributed by atoms with Crippen LogP contribution in [-0.2, 0) is 13.8 Å². The van der Waals surface area contributed by atoms with E-state index in [0.29, 0.717) is 0 Å². The zero-order chi connectivity index (χ0) is 15.7. The molecule has 2 N–H and O–H groups in total. The van der Waals surface area contributed by atoms with E-state index in [1.54, 1.807) is 12.2 Å². The Balaban J connectivity index is 1.96. The predicted molar refractivity (Wildman–Crippen MR) is 74.1 cm³/mol. The molecule has 0 aromatic carbocycles. The predicted octanol–water partition coefficient (Wildman–Crippen LogP) is 1.23. The van der Waals surface area contributed by atoms with E-state index in [1.807, 2.05) is 0 Å². The van der Waals surface area contributed by atoms with Gasteiger partial charge in [-0.2, -0.15) is 14.4 Å². The summed E-state index contributed by atoms with van der Waals surface area (Å²) in [6.45, 7) is -0.0976. The topological polar surface area (TPSA) is 105 Å². The molecule has 0 unspecified atom stereocenters. The van der Waals surface area contributed by atoms with Gasteiger partial charge in [-0.3, -0.25) is 9.09 Å². The van der Waals surface area contributed by atoms with Crippen molar-refractivity contribution in [1.29, 1.82) is 0 Å². The van der Waals surface area contributed by atoms with Gasteiger partial charge in [-0.25, -0.2) is 9.55 Å². The molecule has 0 radical (unpaired) electrons. The minimum atomic E-state index is -1.17. The number of nitrogens with zero attached hydrogens (tertiary/aromatic N) is 4. The van der Waals surface area contributed by atoms with Crippen molar-refractivity contribution in [2.45, 2.75) is 11.8 Å². The van der Waals surface area contributed by atoms with Crippen molar-refractivity contribution in [3.05, 3.63) is 24.6 Å². The fraction of sp³-hybridized carbons (Fsp3) is 0.250. The Bertz CT molecular complexity index is 817. The van der Waals surface area contributed by atoms with Crippen LogP contribution in [-0.4, -0.2) is 31.7 Å². The monoisotopic (exact) mass is 321 g/mol. The molecule has 3 rings (SSSR count). The lowest BCUT2D eigenvalue weighted by molar-refractivity contribution is -0.0398. The summed E-state index contributed by atoms with van der Waals surface area (Å²) in [5.74, 6) is 2.36. The molecule has 112 valence electrons. The summed E-state index contributed by atoms with van der Waals surface area (Å²) in [6.07, 6.45) is 8.42. The van der Waals surface area contributed by atoms with Crippen molar-refractivity contribution < 1.29 is 18.2 Å². The van der Waals surface area contributed by atoms with Crippen LogP contribution < -0.4 is 5.73 Å². The average molecular weight is 321 g/mol. The first-order valence-electron chi connectivity index (χ1n) is 6.04. The van der Waals surface area contributed by atoms with Crippen LogP contribution in [0.4, 0.5) is 10.2 Å². The second kappa shape index (κ2) is 5.42. The van der Waals surface area contributed by atoms with Crippen LogP contribution in [0.5, 0.6) is 0 Å². The lowest BCUT2D eigenvalue weighted by atomic mass is 10.1. The van der Waals surface area contributed by atoms with E-state index in [2.05, 4.69) is 20.9 Å². The molecule has 22 heavy (non-hydrogen) atoms. The molecule has 0 bridgehead atoms. The van der Waals surface area contributed by atoms with Crippen LogP contribution in [0.2, 0.25) is 0 Å². The van der Waals surface area contributed by atoms with E-state index in [1.165, 1.54) is 10.9 Å². The number of imidazole rings is 1. The third kappa shape index (κ3) is 2.33. The van der Waals surface area contributed by atoms with Gasteiger partial charge in [-0.15, -0.1) is 6.42 Å². The molecule has 0 saturated heterocycles. The van der Waals surface area contributed by atoms with E-state index in [-0.39, 0.29) is 23.6 Å². The van der Waals surface area contributed by atoms with Gasteiger partial charge in [-0.05, 0) is 12.2 Å². The Morgan fingerprint density at radius 1 is 1.64 bits per heavy atom. The maximum absolute atomic E-state index is 13.3. The minimum Gasteiger partial charge on any atom is -0.382 e. The summed E-state index contributed by atoms with van der Waals surface area (Å²) in [4.78, 5) is 11.1. The number of ether oxygens (including phenoxy) is 1. The number of nitrogens with two attached hydrogens (primary N) is 1. The number of hydrogen-bond acceptors (Lipinski definition) is 7. The zero-order valence-corrected chi connectivity index (χ0v) is 11.9. The lowest BCUT2D eigenvalue weighted by Crippen LogP contribution is -2.31. The Hall–Kier alpha value is -2.40. The highest BCUT2D eigenvalue weighted by Crippen LogP contribution is 2.32. The van der Waals surface area contributed by atoms with Crippen LogP contribution in [0.25, 0.3) is 11.2 Å². The number of fused-ring (bicyclic) bond motifs is 1. The molecule has 2 aromatic heterocycles. The molecular weight excluding hydrogens is 312 g/mol. The molecule has 0 amide bonds. The highest BCUT2D eigenvalue weighted by Gasteiger charge is 2.36. The number of aromatic nitrogens is 4. The molecule has 2 aromatic rings. The van der Waals surface area contributed by atoms with Gasteiger partial charge in [0.25, 0.3) is 0 Å². The summed E-state index contributed by atoms with van der Waals surface area (Å²) in [5, 5.41) is 0. The van der Waals surface area contributed by atoms with Gasteiger partial charge < -0.3 is 10.5 Å². The van der Waals surface area contributed by atoms with Gasteiger partial charge >= 0.3 is 14.8 Å². The second-order valence-electron chi connectivity index (χ2n) is 4.45. The van der Waals surface area contributed by atoms with Gasteiger partial charge in [0.05, 0.1) is 6.33 Å². The maximum Gasteiger partial charge on any atom is 0.327 e. The van der Waals surface area contributed by atoms with Crippen LogP contribution in [0, 0.1) is 18.4 Å². The van der Waals surface area contributed by atoms with Crippen molar-refractivity contribution >= 4 is 25.7 Å². The number of halogens is 1. The molecule has 0 fully saturated rings. The summed E-state index contributed by atoms with van der Waals surface area (Å²) < 4.78 is 35.7. The highest BCUT2D eigenvalue weighted by molar-refractivity contribution is 7.17. The zero-order valence-electron chi connectivity index (χ0n) is 11.0. The van der Waals surface area contributed by atoms with E-state index >= 15 is 0 Å². The summed E-state index contributed by atoms with van der Waals surface area (Å²) >= 11 is 0. The number of anilines is 1. The summed E-state index contributed by atoms with van der Waals surface area (Å²) in [7, 11) is -0.505. The Morgan fingerprint density at radius 3 is 3.18 bits per heavy atom. The molecule has 0 saturated carbocycles. The van der Waals surface area contributed by atoms with Crippen LogP contribution in [0.15, 0.2) is 18.5 Å². The summed E-state index contributed by atoms with van der Waals surface area (Å²) in [6, 6.07) is 0. The van der Waals surface area contributed by atoms with E-state index in [0.717, 1.165) is 0 Å². The normalized spacial score (nSPS) is 24.1. The molecule has 1 aliphatic heterocycles. The SMILES string of the molecule is C#C[C@@]1(COP=O)C=C[C@H](n2cnc3c(N)nc(F)nc32)O1. The fourth-order valence-corrected chi connectivity index (χ4v) is 2.35. The largest absolute Gasteiger partial charge is 0.382 e. The molecule has 0 spiro atoms. The van der Waals surface area contributed by atoms with Gasteiger partial charge in [-0.1, -0.05) is 5.92 Å². The first-order valence-corrected chi connectivity index (χ1v) is 6.77. The van der Waals surface area contributed by atoms with Crippen molar-refractivity contribution in [3.8, 4) is 12.3 Å². The first kappa shape index (κ1) is 14.5. The smallest absolute Gasteiger partial charge is 0.327 e. The molecule has 2 atom stereocenters. The Morgan fingerprint density at radius 2 is 2.45 bits per heavy atom. The highest BCUT2D eigenvalue weighted by atomic mass is 31.1. The first-order chi connectivity index (χ1) is 10.6. The van der Waals surface area contributed by atoms with Gasteiger partial charge in [0.15, 0.2) is 28.8 Å². The molecule has 8 nitrogen and oxygen atoms in total. The number of hydrogen-bond donors (Lipinski definition) is 1. The summed E-state index contributed by atoms with van der Waals surface area (Å²) in [5.41, 5.74) is 4.86. The van der Waals surface area contributed by atoms with Crippen LogP contribution >= 0.6 is 8.69 Å². The third-order valence-electron chi connectivity index (χ3n) is 3.13. The Labute approximate surface area is 125 Å². The molecule has 10 heteroatoms. The fourth-order valence-electron chi connectivity index (χ4n) is 2.11. The third-order valence-corrected chi connectivity index (χ3v) is 3.37. The molecule has 1 aliphatic rings. The lowest BCUT2D eigenvalue weighted by Gasteiger charge is -2.22. The standard InChI is InChI=1S/C12H9FN5O3P/c1-2-12(5-20-22-19)4-3-7(21-12)18-6-15-8-9(14)16-11(13)17-10(8)18/h1,3-4,6-7H,5H2,(H2,14,16,17)/t7-,12+/m1/s1.